The molecule has 1 aromatic carbocycles. The van der Waals surface area contributed by atoms with Crippen molar-refractivity contribution in [3.63, 3.8) is 0 Å². The Labute approximate surface area is 168 Å². The average molecular weight is 385 g/mol. The SMILES string of the molecule is COc1ccc(C2C(C#N)=C(C(=C=[N-])C#N)NC(C)(O)C2[n+]2ccccc2)cc1. The van der Waals surface area contributed by atoms with E-state index in [1.54, 1.807) is 38.6 Å². The van der Waals surface area contributed by atoms with Gasteiger partial charge in [0.1, 0.15) is 11.8 Å². The van der Waals surface area contributed by atoms with Gasteiger partial charge in [-0.3, -0.25) is 0 Å². The molecule has 1 aliphatic rings. The number of allylic oxidation sites excluding steroid dienone is 2. The van der Waals surface area contributed by atoms with E-state index in [4.69, 9.17) is 4.74 Å². The van der Waals surface area contributed by atoms with Crippen LogP contribution in [0, 0.1) is 22.7 Å². The fourth-order valence-corrected chi connectivity index (χ4v) is 3.71. The zero-order valence-electron chi connectivity index (χ0n) is 16.0. The summed E-state index contributed by atoms with van der Waals surface area (Å²) in [6, 6.07) is 16.0. The third-order valence-electron chi connectivity index (χ3n) is 4.98. The number of ether oxygens (including phenoxy) is 1. The molecule has 0 amide bonds. The van der Waals surface area contributed by atoms with Gasteiger partial charge in [-0.05, 0) is 24.6 Å². The first-order valence-electron chi connectivity index (χ1n) is 8.89. The van der Waals surface area contributed by atoms with E-state index in [1.165, 1.54) is 0 Å². The number of pyridine rings is 1. The fraction of sp³-hybridized carbons (Fsp3) is 0.227. The summed E-state index contributed by atoms with van der Waals surface area (Å²) in [4.78, 5) is 0. The van der Waals surface area contributed by atoms with Gasteiger partial charge in [0, 0.05) is 12.1 Å². The third-order valence-corrected chi connectivity index (χ3v) is 4.98. The lowest BCUT2D eigenvalue weighted by atomic mass is 9.76. The van der Waals surface area contributed by atoms with E-state index in [0.29, 0.717) is 5.75 Å². The van der Waals surface area contributed by atoms with Crippen LogP contribution in [0.1, 0.15) is 24.4 Å². The van der Waals surface area contributed by atoms with E-state index < -0.39 is 17.7 Å². The molecule has 0 saturated heterocycles. The van der Waals surface area contributed by atoms with Crippen molar-refractivity contribution in [3.05, 3.63) is 82.7 Å². The van der Waals surface area contributed by atoms with Gasteiger partial charge >= 0.3 is 0 Å². The van der Waals surface area contributed by atoms with Crippen LogP contribution in [0.4, 0.5) is 0 Å². The molecule has 0 radical (unpaired) electrons. The van der Waals surface area contributed by atoms with Crippen molar-refractivity contribution in [1.29, 1.82) is 10.5 Å². The molecular weight excluding hydrogens is 366 g/mol. The van der Waals surface area contributed by atoms with Crippen LogP contribution in [0.5, 0.6) is 5.75 Å². The van der Waals surface area contributed by atoms with Crippen LogP contribution in [0.3, 0.4) is 0 Å². The van der Waals surface area contributed by atoms with Crippen LogP contribution in [0.15, 0.2) is 71.7 Å². The fourth-order valence-electron chi connectivity index (χ4n) is 3.71. The molecule has 144 valence electrons. The number of aliphatic hydroxyl groups is 1. The van der Waals surface area contributed by atoms with Gasteiger partial charge in [-0.25, -0.2) is 5.87 Å². The summed E-state index contributed by atoms with van der Waals surface area (Å²) in [6.45, 7) is 1.56. The number of methoxy groups -OCH3 is 1. The minimum atomic E-state index is -1.55. The zero-order chi connectivity index (χ0) is 21.0. The summed E-state index contributed by atoms with van der Waals surface area (Å²) >= 11 is 0. The van der Waals surface area contributed by atoms with E-state index >= 15 is 0 Å². The molecule has 0 spiro atoms. The van der Waals surface area contributed by atoms with Crippen LogP contribution in [-0.2, 0) is 0 Å². The Kier molecular flexibility index (Phi) is 5.47. The van der Waals surface area contributed by atoms with Gasteiger partial charge in [0.25, 0.3) is 0 Å². The first kappa shape index (κ1) is 19.9. The molecular formula is C22H19N5O2. The van der Waals surface area contributed by atoms with E-state index in [2.05, 4.69) is 11.4 Å². The molecule has 0 saturated carbocycles. The third kappa shape index (κ3) is 3.61. The van der Waals surface area contributed by atoms with Gasteiger partial charge in [0.15, 0.2) is 18.1 Å². The van der Waals surface area contributed by atoms with E-state index in [9.17, 15) is 21.0 Å². The maximum absolute atomic E-state index is 11.3. The average Bonchev–Trinajstić information content (AvgIpc) is 2.74. The lowest BCUT2D eigenvalue weighted by Crippen LogP contribution is -2.63. The lowest BCUT2D eigenvalue weighted by Gasteiger charge is -2.40. The van der Waals surface area contributed by atoms with Crippen molar-refractivity contribution in [2.75, 3.05) is 7.11 Å². The number of nitriles is 2. The Bertz CT molecular complexity index is 1070. The summed E-state index contributed by atoms with van der Waals surface area (Å²) < 4.78 is 7.04. The van der Waals surface area contributed by atoms with E-state index in [-0.39, 0.29) is 16.8 Å². The summed E-state index contributed by atoms with van der Waals surface area (Å²) in [5, 5.41) is 42.9. The summed E-state index contributed by atoms with van der Waals surface area (Å²) in [6.07, 6.45) is 3.60. The highest BCUT2D eigenvalue weighted by atomic mass is 16.5. The molecule has 1 aliphatic heterocycles. The Balaban J connectivity index is 2.31. The largest absolute Gasteiger partial charge is 0.762 e. The molecule has 0 aliphatic carbocycles. The van der Waals surface area contributed by atoms with Gasteiger partial charge < -0.3 is 20.6 Å². The second kappa shape index (κ2) is 8.00. The summed E-state index contributed by atoms with van der Waals surface area (Å²) in [5.74, 6) is 1.86. The lowest BCUT2D eigenvalue weighted by molar-refractivity contribution is -0.741. The highest BCUT2D eigenvalue weighted by molar-refractivity contribution is 5.74. The molecule has 1 aromatic heterocycles. The summed E-state index contributed by atoms with van der Waals surface area (Å²) in [7, 11) is 1.56. The van der Waals surface area contributed by atoms with Crippen LogP contribution in [0.2, 0.25) is 0 Å². The van der Waals surface area contributed by atoms with Gasteiger partial charge in [-0.1, -0.05) is 18.2 Å². The van der Waals surface area contributed by atoms with Crippen molar-refractivity contribution in [2.45, 2.75) is 24.6 Å². The molecule has 0 bridgehead atoms. The molecule has 7 nitrogen and oxygen atoms in total. The second-order valence-electron chi connectivity index (χ2n) is 6.79. The van der Waals surface area contributed by atoms with Gasteiger partial charge in [0.2, 0.25) is 6.04 Å². The molecule has 29 heavy (non-hydrogen) atoms. The predicted octanol–water partition coefficient (Wildman–Crippen LogP) is 2.09. The molecule has 2 heterocycles. The molecule has 7 heteroatoms. The van der Waals surface area contributed by atoms with Crippen LogP contribution >= 0.6 is 0 Å². The quantitative estimate of drug-likeness (QED) is 0.475. The number of nitrogens with zero attached hydrogens (tertiary/aromatic N) is 4. The van der Waals surface area contributed by atoms with Crippen molar-refractivity contribution in [1.82, 2.24) is 5.32 Å². The first-order valence-corrected chi connectivity index (χ1v) is 8.89. The maximum Gasteiger partial charge on any atom is 0.216 e. The Morgan fingerprint density at radius 3 is 2.38 bits per heavy atom. The van der Waals surface area contributed by atoms with E-state index in [1.807, 2.05) is 46.8 Å². The summed E-state index contributed by atoms with van der Waals surface area (Å²) in [5.41, 5.74) is -0.794. The van der Waals surface area contributed by atoms with E-state index in [0.717, 1.165) is 5.56 Å². The maximum atomic E-state index is 11.3. The minimum absolute atomic E-state index is 0.0519. The highest BCUT2D eigenvalue weighted by Gasteiger charge is 2.52. The number of nitrogens with one attached hydrogen (secondary N) is 1. The number of rotatable bonds is 4. The topological polar surface area (TPSA) is 115 Å². The molecule has 2 N–H and O–H groups in total. The smallest absolute Gasteiger partial charge is 0.216 e. The Morgan fingerprint density at radius 2 is 1.86 bits per heavy atom. The molecule has 3 atom stereocenters. The monoisotopic (exact) mass is 385 g/mol. The van der Waals surface area contributed by atoms with Gasteiger partial charge in [-0.2, -0.15) is 15.1 Å². The predicted molar refractivity (Wildman–Crippen MR) is 105 cm³/mol. The molecule has 3 rings (SSSR count). The minimum Gasteiger partial charge on any atom is -0.762 e. The van der Waals surface area contributed by atoms with Crippen molar-refractivity contribution in [2.24, 2.45) is 0 Å². The van der Waals surface area contributed by atoms with Gasteiger partial charge in [-0.15, -0.1) is 0 Å². The van der Waals surface area contributed by atoms with Crippen molar-refractivity contribution in [3.8, 4) is 17.9 Å². The molecule has 0 fully saturated rings. The molecule has 3 unspecified atom stereocenters. The van der Waals surface area contributed by atoms with Crippen molar-refractivity contribution < 1.29 is 14.4 Å². The van der Waals surface area contributed by atoms with Crippen LogP contribution in [0.25, 0.3) is 5.41 Å². The van der Waals surface area contributed by atoms with Crippen LogP contribution < -0.4 is 14.6 Å². The first-order chi connectivity index (χ1) is 14.0. The zero-order valence-corrected chi connectivity index (χ0v) is 16.0. The molecule has 2 aromatic rings. The Hall–Kier alpha value is -3.90. The number of benzene rings is 1. The van der Waals surface area contributed by atoms with Crippen molar-refractivity contribution >= 4 is 5.87 Å². The number of aromatic nitrogens is 1. The van der Waals surface area contributed by atoms with Gasteiger partial charge in [0.05, 0.1) is 35.9 Å². The van der Waals surface area contributed by atoms with Crippen LogP contribution in [-0.4, -0.2) is 23.8 Å². The number of hydrogen-bond donors (Lipinski definition) is 2. The highest BCUT2D eigenvalue weighted by Crippen LogP contribution is 2.43. The normalized spacial score (nSPS) is 23.2. The number of hydrogen-bond acceptors (Lipinski definition) is 5. The second-order valence-corrected chi connectivity index (χ2v) is 6.79. The standard InChI is InChI=1S/C22H19N5O2/c1-22(28)21(27-10-4-3-5-11-27)19(15-6-8-17(29-2)9-7-15)18(14-25)20(26-22)16(12-23)13-24/h3-11,19,21,26,28H,1-2H3. The Morgan fingerprint density at radius 1 is 1.21 bits per heavy atom.